The highest BCUT2D eigenvalue weighted by Gasteiger charge is 2.39. The van der Waals surface area contributed by atoms with E-state index in [1.54, 1.807) is 11.3 Å². The molecule has 0 aromatic carbocycles. The van der Waals surface area contributed by atoms with Gasteiger partial charge in [-0.1, -0.05) is 10.3 Å². The van der Waals surface area contributed by atoms with Crippen LogP contribution in [0.1, 0.15) is 53.3 Å². The van der Waals surface area contributed by atoms with E-state index in [1.165, 1.54) is 7.11 Å². The Hall–Kier alpha value is -1.25. The number of nitrogens with zero attached hydrogens (tertiary/aromatic N) is 2. The summed E-state index contributed by atoms with van der Waals surface area (Å²) in [7, 11) is 1.48. The van der Waals surface area contributed by atoms with Crippen molar-refractivity contribution in [1.82, 2.24) is 0 Å². The molecule has 2 rings (SSSR count). The molecule has 23 heavy (non-hydrogen) atoms. The van der Waals surface area contributed by atoms with E-state index in [1.807, 2.05) is 34.6 Å². The van der Waals surface area contributed by atoms with Crippen LogP contribution in [-0.2, 0) is 20.8 Å². The molecule has 1 N–H and O–H groups in total. The van der Waals surface area contributed by atoms with Crippen LogP contribution >= 0.6 is 11.3 Å². The fourth-order valence-electron chi connectivity index (χ4n) is 2.86. The summed E-state index contributed by atoms with van der Waals surface area (Å²) in [6.07, 6.45) is 0.512. The van der Waals surface area contributed by atoms with Crippen LogP contribution in [0.3, 0.4) is 0 Å². The predicted octanol–water partition coefficient (Wildman–Crippen LogP) is 3.55. The Morgan fingerprint density at radius 2 is 2.13 bits per heavy atom. The van der Waals surface area contributed by atoms with Gasteiger partial charge in [0.15, 0.2) is 11.1 Å². The van der Waals surface area contributed by atoms with Gasteiger partial charge >= 0.3 is 0 Å². The number of rotatable bonds is 5. The average Bonchev–Trinajstić information content (AvgIpc) is 2.90. The number of aryl methyl sites for hydroxylation is 2. The van der Waals surface area contributed by atoms with Crippen LogP contribution in [0.15, 0.2) is 10.3 Å². The molecule has 0 aliphatic carbocycles. The van der Waals surface area contributed by atoms with Crippen molar-refractivity contribution in [3.8, 4) is 0 Å². The Balaban J connectivity index is 2.58. The molecule has 0 bridgehead atoms. The molecule has 0 radical (unpaired) electrons. The van der Waals surface area contributed by atoms with Crippen molar-refractivity contribution in [2.45, 2.75) is 51.9 Å². The van der Waals surface area contributed by atoms with Crippen molar-refractivity contribution < 1.29 is 18.4 Å². The molecule has 2 heterocycles. The van der Waals surface area contributed by atoms with Gasteiger partial charge in [0.25, 0.3) is 0 Å². The van der Waals surface area contributed by atoms with Crippen molar-refractivity contribution in [2.24, 2.45) is 10.3 Å². The summed E-state index contributed by atoms with van der Waals surface area (Å²) in [4.78, 5) is 12.3. The van der Waals surface area contributed by atoms with E-state index in [9.17, 15) is 8.76 Å². The molecule has 8 heteroatoms. The van der Waals surface area contributed by atoms with Crippen LogP contribution in [0.25, 0.3) is 0 Å². The van der Waals surface area contributed by atoms with Crippen molar-refractivity contribution in [2.75, 3.05) is 7.11 Å². The van der Waals surface area contributed by atoms with E-state index in [4.69, 9.17) is 9.68 Å². The van der Waals surface area contributed by atoms with Gasteiger partial charge in [0.2, 0.25) is 0 Å². The molecular weight excluding hydrogens is 336 g/mol. The summed E-state index contributed by atoms with van der Waals surface area (Å²) in [6, 6.07) is 0. The van der Waals surface area contributed by atoms with Gasteiger partial charge in [-0.3, -0.25) is 0 Å². The summed E-state index contributed by atoms with van der Waals surface area (Å²) in [6.45, 7) is 9.56. The number of hydrogen-bond donors (Lipinski definition) is 1. The molecule has 1 aromatic heterocycles. The van der Waals surface area contributed by atoms with Gasteiger partial charge in [-0.05, 0) is 40.2 Å². The van der Waals surface area contributed by atoms with E-state index < -0.39 is 21.9 Å². The van der Waals surface area contributed by atoms with Gasteiger partial charge in [-0.2, -0.15) is 0 Å². The molecule has 1 aliphatic rings. The Kier molecular flexibility index (Phi) is 5.27. The minimum Gasteiger partial charge on any atom is -0.399 e. The molecule has 1 aromatic rings. The Bertz CT molecular complexity index is 692. The lowest BCUT2D eigenvalue weighted by atomic mass is 9.94. The normalized spacial score (nSPS) is 20.0. The monoisotopic (exact) mass is 358 g/mol. The summed E-state index contributed by atoms with van der Waals surface area (Å²) < 4.78 is 22.0. The van der Waals surface area contributed by atoms with Crippen molar-refractivity contribution in [3.63, 3.8) is 0 Å². The third kappa shape index (κ3) is 3.64. The van der Waals surface area contributed by atoms with Gasteiger partial charge in [-0.25, -0.2) is 4.21 Å². The fourth-order valence-corrected chi connectivity index (χ4v) is 4.94. The van der Waals surface area contributed by atoms with Gasteiger partial charge in [0.05, 0.1) is 11.4 Å². The Labute approximate surface area is 142 Å². The largest absolute Gasteiger partial charge is 0.399 e. The molecule has 0 saturated carbocycles. The molecule has 2 atom stereocenters. The molecule has 0 spiro atoms. The zero-order valence-electron chi connectivity index (χ0n) is 14.2. The van der Waals surface area contributed by atoms with E-state index in [0.717, 1.165) is 20.9 Å². The molecule has 2 unspecified atom stereocenters. The Morgan fingerprint density at radius 1 is 1.48 bits per heavy atom. The van der Waals surface area contributed by atoms with Crippen LogP contribution in [0, 0.1) is 13.8 Å². The highest BCUT2D eigenvalue weighted by atomic mass is 32.2. The molecule has 0 fully saturated rings. The average molecular weight is 358 g/mol. The quantitative estimate of drug-likeness (QED) is 0.496. The van der Waals surface area contributed by atoms with Crippen LogP contribution in [-0.4, -0.2) is 32.9 Å². The second-order valence-electron chi connectivity index (χ2n) is 6.13. The zero-order chi connectivity index (χ0) is 17.4. The van der Waals surface area contributed by atoms with E-state index in [2.05, 4.69) is 10.3 Å². The third-order valence-corrected chi connectivity index (χ3v) is 5.63. The maximum absolute atomic E-state index is 12.1. The smallest absolute Gasteiger partial charge is 0.166 e. The third-order valence-electron chi connectivity index (χ3n) is 3.68. The van der Waals surface area contributed by atoms with Crippen LogP contribution in [0.2, 0.25) is 0 Å². The maximum Gasteiger partial charge on any atom is 0.166 e. The van der Waals surface area contributed by atoms with E-state index in [-0.39, 0.29) is 0 Å². The highest BCUT2D eigenvalue weighted by Crippen LogP contribution is 2.39. The Morgan fingerprint density at radius 3 is 2.61 bits per heavy atom. The van der Waals surface area contributed by atoms with Crippen LogP contribution in [0.4, 0.5) is 0 Å². The first kappa shape index (κ1) is 18.1. The first-order chi connectivity index (χ1) is 10.7. The zero-order valence-corrected chi connectivity index (χ0v) is 15.8. The summed E-state index contributed by atoms with van der Waals surface area (Å²) in [5.74, 6) is 0. The van der Waals surface area contributed by atoms with Crippen molar-refractivity contribution in [3.05, 3.63) is 20.9 Å². The topological polar surface area (TPSA) is 80.5 Å². The van der Waals surface area contributed by atoms with E-state index >= 15 is 0 Å². The standard InChI is InChI=1S/C15H22N2O4S2/c1-8(16-20-6)12-9(2)22-10(3)13(12)14(23(18)19)11-7-15(4,5)21-17-11/h14H,7H2,1-6H3,(H,18,19). The fraction of sp³-hybridized carbons (Fsp3) is 0.600. The van der Waals surface area contributed by atoms with Crippen LogP contribution in [0.5, 0.6) is 0 Å². The van der Waals surface area contributed by atoms with Crippen molar-refractivity contribution >= 4 is 33.8 Å². The van der Waals surface area contributed by atoms with Gasteiger partial charge < -0.3 is 14.2 Å². The second-order valence-corrected chi connectivity index (χ2v) is 8.58. The van der Waals surface area contributed by atoms with Crippen molar-refractivity contribution in [1.29, 1.82) is 0 Å². The molecule has 0 saturated heterocycles. The minimum atomic E-state index is -2.11. The molecule has 1 aliphatic heterocycles. The lowest BCUT2D eigenvalue weighted by Crippen LogP contribution is -2.24. The highest BCUT2D eigenvalue weighted by molar-refractivity contribution is 7.80. The molecule has 6 nitrogen and oxygen atoms in total. The van der Waals surface area contributed by atoms with Gasteiger partial charge in [0.1, 0.15) is 18.0 Å². The summed E-state index contributed by atoms with van der Waals surface area (Å²) >= 11 is -0.528. The van der Waals surface area contributed by atoms with E-state index in [0.29, 0.717) is 17.8 Å². The second kappa shape index (κ2) is 6.70. The van der Waals surface area contributed by atoms with Gasteiger partial charge in [0, 0.05) is 21.7 Å². The molecule has 128 valence electrons. The maximum atomic E-state index is 12.1. The number of hydrogen-bond acceptors (Lipinski definition) is 6. The predicted molar refractivity (Wildman–Crippen MR) is 93.7 cm³/mol. The molecule has 0 amide bonds. The first-order valence-electron chi connectivity index (χ1n) is 7.20. The number of oxime groups is 2. The van der Waals surface area contributed by atoms with Gasteiger partial charge in [-0.15, -0.1) is 11.3 Å². The minimum absolute atomic E-state index is 0.457. The van der Waals surface area contributed by atoms with Crippen LogP contribution < -0.4 is 0 Å². The lowest BCUT2D eigenvalue weighted by molar-refractivity contribution is 0.0123. The first-order valence-corrected chi connectivity index (χ1v) is 9.19. The lowest BCUT2D eigenvalue weighted by Gasteiger charge is -2.17. The SMILES string of the molecule is CON=C(C)c1c(C)sc(C)c1C(C1=NOC(C)(C)C1)S(=O)O. The molecular formula is C15H22N2O4S2. The summed E-state index contributed by atoms with van der Waals surface area (Å²) in [5.41, 5.74) is 2.45. The number of thiophene rings is 1. The summed E-state index contributed by atoms with van der Waals surface area (Å²) in [5, 5.41) is 7.36.